The van der Waals surface area contributed by atoms with E-state index in [4.69, 9.17) is 31.8 Å². The van der Waals surface area contributed by atoms with Crippen LogP contribution in [0.5, 0.6) is 5.75 Å². The summed E-state index contributed by atoms with van der Waals surface area (Å²) in [5.41, 5.74) is 0.939. The van der Waals surface area contributed by atoms with Crippen LogP contribution >= 0.6 is 23.2 Å². The van der Waals surface area contributed by atoms with E-state index in [1.165, 1.54) is 35.4 Å². The van der Waals surface area contributed by atoms with Crippen LogP contribution in [0.2, 0.25) is 10.0 Å². The molecule has 4 rings (SSSR count). The summed E-state index contributed by atoms with van der Waals surface area (Å²) in [5.74, 6) is -0.282. The zero-order valence-electron chi connectivity index (χ0n) is 18.0. The lowest BCUT2D eigenvalue weighted by atomic mass is 10.1. The van der Waals surface area contributed by atoms with Crippen LogP contribution in [-0.2, 0) is 23.2 Å². The molecule has 1 amide bonds. The average Bonchev–Trinajstić information content (AvgIpc) is 3.33. The predicted molar refractivity (Wildman–Crippen MR) is 129 cm³/mol. The fourth-order valence-electron chi connectivity index (χ4n) is 3.29. The van der Waals surface area contributed by atoms with E-state index >= 15 is 0 Å². The highest BCUT2D eigenvalue weighted by Crippen LogP contribution is 2.25. The van der Waals surface area contributed by atoms with E-state index in [0.717, 1.165) is 24.3 Å². The number of hydrogen-bond donors (Lipinski definition) is 0. The Balaban J connectivity index is 1.58. The first kappa shape index (κ1) is 24.8. The van der Waals surface area contributed by atoms with Crippen molar-refractivity contribution >= 4 is 39.2 Å². The number of hydrogen-bond acceptors (Lipinski definition) is 5. The number of amides is 1. The molecular formula is C25H18Cl2FNO5S. The summed E-state index contributed by atoms with van der Waals surface area (Å²) >= 11 is 12.1. The molecule has 6 nitrogen and oxygen atoms in total. The van der Waals surface area contributed by atoms with Crippen molar-refractivity contribution in [2.45, 2.75) is 18.0 Å². The fraction of sp³-hybridized carbons (Fsp3) is 0.0800. The van der Waals surface area contributed by atoms with Gasteiger partial charge < -0.3 is 13.5 Å². The van der Waals surface area contributed by atoms with Crippen molar-refractivity contribution in [2.24, 2.45) is 0 Å². The molecule has 0 saturated carbocycles. The predicted octanol–water partition coefficient (Wildman–Crippen LogP) is 6.34. The molecule has 0 spiro atoms. The first-order chi connectivity index (χ1) is 16.7. The highest BCUT2D eigenvalue weighted by atomic mass is 35.5. The van der Waals surface area contributed by atoms with Gasteiger partial charge in [0.15, 0.2) is 0 Å². The summed E-state index contributed by atoms with van der Waals surface area (Å²) in [7, 11) is -4.17. The summed E-state index contributed by atoms with van der Waals surface area (Å²) in [5, 5.41) is 0.574. The lowest BCUT2D eigenvalue weighted by Gasteiger charge is -2.22. The Morgan fingerprint density at radius 3 is 2.37 bits per heavy atom. The molecule has 1 heterocycles. The minimum absolute atomic E-state index is 0.0479. The van der Waals surface area contributed by atoms with Gasteiger partial charge >= 0.3 is 10.1 Å². The Labute approximate surface area is 211 Å². The summed E-state index contributed by atoms with van der Waals surface area (Å²) in [6.45, 7) is 0.276. The van der Waals surface area contributed by atoms with Crippen molar-refractivity contribution in [1.29, 1.82) is 0 Å². The van der Waals surface area contributed by atoms with Gasteiger partial charge in [0.25, 0.3) is 5.91 Å². The molecule has 0 N–H and O–H groups in total. The van der Waals surface area contributed by atoms with Gasteiger partial charge in [-0.15, -0.1) is 0 Å². The van der Waals surface area contributed by atoms with Crippen molar-refractivity contribution in [3.8, 4) is 5.75 Å². The quantitative estimate of drug-likeness (QED) is 0.247. The van der Waals surface area contributed by atoms with Crippen LogP contribution < -0.4 is 4.18 Å². The third-order valence-electron chi connectivity index (χ3n) is 4.96. The number of furan rings is 1. The Morgan fingerprint density at radius 2 is 1.69 bits per heavy atom. The lowest BCUT2D eigenvalue weighted by Crippen LogP contribution is -2.30. The van der Waals surface area contributed by atoms with Crippen LogP contribution in [0.1, 0.15) is 21.7 Å². The molecule has 180 valence electrons. The summed E-state index contributed by atoms with van der Waals surface area (Å²) < 4.78 is 48.9. The van der Waals surface area contributed by atoms with Gasteiger partial charge in [0.2, 0.25) is 0 Å². The Bertz CT molecular complexity index is 1440. The van der Waals surface area contributed by atoms with Crippen LogP contribution in [0.15, 0.2) is 94.4 Å². The molecule has 0 aliphatic carbocycles. The second-order valence-corrected chi connectivity index (χ2v) is 9.87. The second-order valence-electron chi connectivity index (χ2n) is 7.51. The molecule has 0 aliphatic heterocycles. The fourth-order valence-corrected chi connectivity index (χ4v) is 4.51. The topological polar surface area (TPSA) is 76.8 Å². The highest BCUT2D eigenvalue weighted by Gasteiger charge is 2.21. The van der Waals surface area contributed by atoms with Gasteiger partial charge in [-0.2, -0.15) is 8.42 Å². The maximum atomic E-state index is 13.3. The Hall–Kier alpha value is -3.33. The van der Waals surface area contributed by atoms with Gasteiger partial charge in [-0.25, -0.2) is 4.39 Å². The van der Waals surface area contributed by atoms with Crippen LogP contribution in [0.25, 0.3) is 0 Å². The van der Waals surface area contributed by atoms with E-state index in [0.29, 0.717) is 21.9 Å². The largest absolute Gasteiger partial charge is 0.467 e. The molecule has 0 unspecified atom stereocenters. The number of carbonyl (C=O) groups excluding carboxylic acids is 1. The molecule has 4 aromatic rings. The van der Waals surface area contributed by atoms with Gasteiger partial charge in [-0.05, 0) is 72.3 Å². The van der Waals surface area contributed by atoms with E-state index in [-0.39, 0.29) is 34.7 Å². The van der Waals surface area contributed by atoms with Crippen LogP contribution in [0, 0.1) is 5.82 Å². The lowest BCUT2D eigenvalue weighted by molar-refractivity contribution is 0.0717. The number of rotatable bonds is 8. The van der Waals surface area contributed by atoms with E-state index < -0.39 is 15.9 Å². The minimum atomic E-state index is -4.17. The zero-order chi connectivity index (χ0) is 25.0. The van der Waals surface area contributed by atoms with Gasteiger partial charge in [-0.1, -0.05) is 35.3 Å². The van der Waals surface area contributed by atoms with Crippen LogP contribution in [0.3, 0.4) is 0 Å². The maximum absolute atomic E-state index is 13.3. The molecule has 0 saturated heterocycles. The normalized spacial score (nSPS) is 11.3. The van der Waals surface area contributed by atoms with E-state index in [1.807, 2.05) is 0 Å². The first-order valence-corrected chi connectivity index (χ1v) is 12.4. The van der Waals surface area contributed by atoms with Crippen molar-refractivity contribution < 1.29 is 26.2 Å². The Morgan fingerprint density at radius 1 is 0.914 bits per heavy atom. The van der Waals surface area contributed by atoms with Gasteiger partial charge in [0.05, 0.1) is 22.9 Å². The van der Waals surface area contributed by atoms with Crippen molar-refractivity contribution in [1.82, 2.24) is 4.90 Å². The van der Waals surface area contributed by atoms with Gasteiger partial charge in [0, 0.05) is 12.1 Å². The SMILES string of the molecule is O=C(c1ccc(Cl)c(Cl)c1)N(Cc1cccc(OS(=O)(=O)c2ccc(F)cc2)c1)Cc1ccco1. The molecule has 0 aliphatic rings. The maximum Gasteiger partial charge on any atom is 0.339 e. The number of nitrogens with zero attached hydrogens (tertiary/aromatic N) is 1. The van der Waals surface area contributed by atoms with Crippen LogP contribution in [-0.4, -0.2) is 19.2 Å². The minimum Gasteiger partial charge on any atom is -0.467 e. The monoisotopic (exact) mass is 533 g/mol. The first-order valence-electron chi connectivity index (χ1n) is 10.3. The van der Waals surface area contributed by atoms with E-state index in [1.54, 1.807) is 30.3 Å². The molecule has 1 aromatic heterocycles. The Kier molecular flexibility index (Phi) is 7.45. The van der Waals surface area contributed by atoms with Gasteiger partial charge in [-0.3, -0.25) is 4.79 Å². The van der Waals surface area contributed by atoms with Crippen molar-refractivity contribution in [3.05, 3.63) is 118 Å². The number of carbonyl (C=O) groups is 1. The standard InChI is InChI=1S/C25H18Cl2FNO5S/c26-23-11-6-18(14-24(23)27)25(30)29(16-21-5-2-12-33-21)15-17-3-1-4-20(13-17)34-35(31,32)22-9-7-19(28)8-10-22/h1-14H,15-16H2. The molecule has 0 bridgehead atoms. The molecule has 0 atom stereocenters. The van der Waals surface area contributed by atoms with Crippen molar-refractivity contribution in [3.63, 3.8) is 0 Å². The zero-order valence-corrected chi connectivity index (χ0v) is 20.4. The number of benzene rings is 3. The second kappa shape index (κ2) is 10.5. The van der Waals surface area contributed by atoms with Crippen LogP contribution in [0.4, 0.5) is 4.39 Å². The summed E-state index contributed by atoms with van der Waals surface area (Å²) in [6.07, 6.45) is 1.51. The molecule has 10 heteroatoms. The smallest absolute Gasteiger partial charge is 0.339 e. The molecule has 0 radical (unpaired) electrons. The molecule has 35 heavy (non-hydrogen) atoms. The summed E-state index contributed by atoms with van der Waals surface area (Å²) in [6, 6.07) is 18.7. The van der Waals surface area contributed by atoms with Crippen molar-refractivity contribution in [2.75, 3.05) is 0 Å². The van der Waals surface area contributed by atoms with Gasteiger partial charge in [0.1, 0.15) is 22.2 Å². The molecular weight excluding hydrogens is 516 g/mol. The van der Waals surface area contributed by atoms with E-state index in [2.05, 4.69) is 0 Å². The summed E-state index contributed by atoms with van der Waals surface area (Å²) in [4.78, 5) is 14.6. The molecule has 3 aromatic carbocycles. The van der Waals surface area contributed by atoms with E-state index in [9.17, 15) is 17.6 Å². The average molecular weight is 534 g/mol. The third kappa shape index (κ3) is 6.22. The third-order valence-corrected chi connectivity index (χ3v) is 6.96. The number of halogens is 3. The molecule has 0 fully saturated rings. The highest BCUT2D eigenvalue weighted by molar-refractivity contribution is 7.87.